The second kappa shape index (κ2) is 6.40. The van der Waals surface area contributed by atoms with E-state index in [-0.39, 0.29) is 18.1 Å². The maximum Gasteiger partial charge on any atom is 0.261 e. The number of hydrogen-bond acceptors (Lipinski definition) is 4. The van der Waals surface area contributed by atoms with Crippen LogP contribution in [-0.2, 0) is 0 Å². The first-order chi connectivity index (χ1) is 9.57. The van der Waals surface area contributed by atoms with Crippen molar-refractivity contribution in [1.29, 1.82) is 0 Å². The van der Waals surface area contributed by atoms with Gasteiger partial charge in [-0.05, 0) is 45.5 Å². The quantitative estimate of drug-likeness (QED) is 0.823. The second-order valence-corrected chi connectivity index (χ2v) is 6.36. The number of aliphatic hydroxyl groups is 1. The van der Waals surface area contributed by atoms with Crippen molar-refractivity contribution in [3.8, 4) is 11.8 Å². The van der Waals surface area contributed by atoms with E-state index in [4.69, 9.17) is 5.11 Å². The van der Waals surface area contributed by atoms with Crippen LogP contribution in [0.1, 0.15) is 33.8 Å². The molecule has 0 spiro atoms. The predicted octanol–water partition coefficient (Wildman–Crippen LogP) is 1.31. The van der Waals surface area contributed by atoms with Crippen molar-refractivity contribution in [2.45, 2.75) is 24.8 Å². The van der Waals surface area contributed by atoms with Gasteiger partial charge in [0, 0.05) is 12.1 Å². The summed E-state index contributed by atoms with van der Waals surface area (Å²) < 4.78 is 0. The number of rotatable bonds is 4. The van der Waals surface area contributed by atoms with Crippen LogP contribution in [-0.4, -0.2) is 48.7 Å². The number of carbonyl (C=O) groups excluding carboxylic acids is 1. The molecule has 1 fully saturated rings. The van der Waals surface area contributed by atoms with Gasteiger partial charge in [0.05, 0.1) is 9.75 Å². The second-order valence-electron chi connectivity index (χ2n) is 5.28. The highest BCUT2D eigenvalue weighted by molar-refractivity contribution is 7.14. The molecule has 1 saturated carbocycles. The van der Waals surface area contributed by atoms with E-state index in [0.29, 0.717) is 11.4 Å². The minimum absolute atomic E-state index is 0.0415. The summed E-state index contributed by atoms with van der Waals surface area (Å²) in [6.45, 7) is 0.527. The average molecular weight is 292 g/mol. The van der Waals surface area contributed by atoms with E-state index in [1.807, 2.05) is 6.07 Å². The minimum Gasteiger partial charge on any atom is -0.384 e. The zero-order valence-corrected chi connectivity index (χ0v) is 12.7. The third-order valence-electron chi connectivity index (χ3n) is 3.93. The van der Waals surface area contributed by atoms with Gasteiger partial charge in [-0.25, -0.2) is 0 Å². The van der Waals surface area contributed by atoms with E-state index in [9.17, 15) is 4.79 Å². The smallest absolute Gasteiger partial charge is 0.261 e. The molecule has 0 saturated heterocycles. The molecule has 1 heterocycles. The summed E-state index contributed by atoms with van der Waals surface area (Å²) in [4.78, 5) is 15.8. The van der Waals surface area contributed by atoms with Gasteiger partial charge in [-0.2, -0.15) is 0 Å². The molecule has 0 bridgehead atoms. The first kappa shape index (κ1) is 15.0. The fourth-order valence-corrected chi connectivity index (χ4v) is 3.15. The van der Waals surface area contributed by atoms with Gasteiger partial charge < -0.3 is 15.3 Å². The van der Waals surface area contributed by atoms with E-state index < -0.39 is 0 Å². The van der Waals surface area contributed by atoms with Crippen LogP contribution in [0.15, 0.2) is 12.1 Å². The standard InChI is InChI=1S/C15H20N2O2S/c1-17(2)15(8-4-9-15)11-16-14(19)13-7-6-12(20-13)5-3-10-18/h6-7,18H,4,8-11H2,1-2H3,(H,16,19). The van der Waals surface area contributed by atoms with Crippen LogP contribution in [0.4, 0.5) is 0 Å². The molecule has 108 valence electrons. The molecule has 1 aromatic rings. The Morgan fingerprint density at radius 2 is 2.25 bits per heavy atom. The zero-order valence-electron chi connectivity index (χ0n) is 11.9. The van der Waals surface area contributed by atoms with Gasteiger partial charge in [0.15, 0.2) is 0 Å². The Hall–Kier alpha value is -1.35. The number of amides is 1. The van der Waals surface area contributed by atoms with Crippen molar-refractivity contribution in [1.82, 2.24) is 10.2 Å². The highest BCUT2D eigenvalue weighted by Crippen LogP contribution is 2.35. The van der Waals surface area contributed by atoms with Crippen molar-refractivity contribution in [3.63, 3.8) is 0 Å². The lowest BCUT2D eigenvalue weighted by atomic mass is 9.75. The first-order valence-corrected chi connectivity index (χ1v) is 7.54. The molecule has 5 heteroatoms. The van der Waals surface area contributed by atoms with Crippen molar-refractivity contribution in [2.24, 2.45) is 0 Å². The fourth-order valence-electron chi connectivity index (χ4n) is 2.35. The Labute approximate surface area is 123 Å². The molecule has 0 aliphatic heterocycles. The summed E-state index contributed by atoms with van der Waals surface area (Å²) in [7, 11) is 4.14. The first-order valence-electron chi connectivity index (χ1n) is 6.73. The van der Waals surface area contributed by atoms with E-state index in [0.717, 1.165) is 17.7 Å². The monoisotopic (exact) mass is 292 g/mol. The van der Waals surface area contributed by atoms with Gasteiger partial charge in [-0.1, -0.05) is 11.8 Å². The van der Waals surface area contributed by atoms with Crippen molar-refractivity contribution in [2.75, 3.05) is 27.2 Å². The summed E-state index contributed by atoms with van der Waals surface area (Å²) in [6.07, 6.45) is 3.50. The molecule has 0 radical (unpaired) electrons. The molecule has 0 unspecified atom stereocenters. The van der Waals surface area contributed by atoms with E-state index in [1.165, 1.54) is 17.8 Å². The molecule has 20 heavy (non-hydrogen) atoms. The number of hydrogen-bond donors (Lipinski definition) is 2. The molecule has 1 aromatic heterocycles. The third kappa shape index (κ3) is 3.21. The van der Waals surface area contributed by atoms with Crippen LogP contribution in [0.3, 0.4) is 0 Å². The van der Waals surface area contributed by atoms with Crippen LogP contribution < -0.4 is 5.32 Å². The molecule has 1 aliphatic rings. The Morgan fingerprint density at radius 1 is 1.50 bits per heavy atom. The summed E-state index contributed by atoms with van der Waals surface area (Å²) in [5.74, 6) is 5.36. The minimum atomic E-state index is -0.162. The van der Waals surface area contributed by atoms with Gasteiger partial charge in [0.1, 0.15) is 6.61 Å². The van der Waals surface area contributed by atoms with E-state index in [2.05, 4.69) is 36.2 Å². The Kier molecular flexibility index (Phi) is 4.81. The van der Waals surface area contributed by atoms with Crippen LogP contribution in [0.5, 0.6) is 0 Å². The lowest BCUT2D eigenvalue weighted by Gasteiger charge is -2.47. The lowest BCUT2D eigenvalue weighted by molar-refractivity contribution is 0.0559. The van der Waals surface area contributed by atoms with Gasteiger partial charge in [-0.15, -0.1) is 11.3 Å². The van der Waals surface area contributed by atoms with Gasteiger partial charge in [0.25, 0.3) is 5.91 Å². The third-order valence-corrected chi connectivity index (χ3v) is 4.93. The molecular formula is C15H20N2O2S. The molecule has 2 rings (SSSR count). The van der Waals surface area contributed by atoms with Gasteiger partial charge in [0.2, 0.25) is 0 Å². The summed E-state index contributed by atoms with van der Waals surface area (Å²) >= 11 is 1.36. The van der Waals surface area contributed by atoms with E-state index >= 15 is 0 Å². The SMILES string of the molecule is CN(C)C1(CNC(=O)c2ccc(C#CCO)s2)CCC1. The fraction of sp³-hybridized carbons (Fsp3) is 0.533. The predicted molar refractivity (Wildman–Crippen MR) is 80.9 cm³/mol. The number of thiophene rings is 1. The molecule has 1 amide bonds. The molecule has 0 atom stereocenters. The molecule has 0 aromatic carbocycles. The topological polar surface area (TPSA) is 52.6 Å². The van der Waals surface area contributed by atoms with Crippen molar-refractivity contribution < 1.29 is 9.90 Å². The number of aliphatic hydroxyl groups excluding tert-OH is 1. The van der Waals surface area contributed by atoms with Crippen LogP contribution in [0.25, 0.3) is 0 Å². The summed E-state index contributed by atoms with van der Waals surface area (Å²) in [6, 6.07) is 3.60. The average Bonchev–Trinajstić information content (AvgIpc) is 2.83. The highest BCUT2D eigenvalue weighted by Gasteiger charge is 2.39. The van der Waals surface area contributed by atoms with Crippen molar-refractivity contribution in [3.05, 3.63) is 21.9 Å². The molecule has 4 nitrogen and oxygen atoms in total. The number of likely N-dealkylation sites (N-methyl/N-ethyl adjacent to an activating group) is 1. The maximum absolute atomic E-state index is 12.1. The molecule has 1 aliphatic carbocycles. The normalized spacial score (nSPS) is 16.2. The molecular weight excluding hydrogens is 272 g/mol. The largest absolute Gasteiger partial charge is 0.384 e. The van der Waals surface area contributed by atoms with Gasteiger partial charge >= 0.3 is 0 Å². The molecule has 2 N–H and O–H groups in total. The Bertz CT molecular complexity index is 536. The number of nitrogens with zero attached hydrogens (tertiary/aromatic N) is 1. The summed E-state index contributed by atoms with van der Waals surface area (Å²) in [5, 5.41) is 11.7. The summed E-state index contributed by atoms with van der Waals surface area (Å²) in [5.41, 5.74) is 0.131. The van der Waals surface area contributed by atoms with Crippen LogP contribution in [0.2, 0.25) is 0 Å². The van der Waals surface area contributed by atoms with Crippen molar-refractivity contribution >= 4 is 17.2 Å². The Morgan fingerprint density at radius 3 is 2.80 bits per heavy atom. The lowest BCUT2D eigenvalue weighted by Crippen LogP contribution is -2.57. The zero-order chi connectivity index (χ0) is 14.6. The maximum atomic E-state index is 12.1. The van der Waals surface area contributed by atoms with Gasteiger partial charge in [-0.3, -0.25) is 4.79 Å². The number of carbonyl (C=O) groups is 1. The van der Waals surface area contributed by atoms with E-state index in [1.54, 1.807) is 6.07 Å². The van der Waals surface area contributed by atoms with Crippen LogP contribution in [0, 0.1) is 11.8 Å². The highest BCUT2D eigenvalue weighted by atomic mass is 32.1. The van der Waals surface area contributed by atoms with Crippen LogP contribution >= 0.6 is 11.3 Å². The number of nitrogens with one attached hydrogen (secondary N) is 1. The Balaban J connectivity index is 1.93.